The lowest BCUT2D eigenvalue weighted by Gasteiger charge is -2.41. The van der Waals surface area contributed by atoms with Gasteiger partial charge in [0.15, 0.2) is 0 Å². The van der Waals surface area contributed by atoms with Crippen LogP contribution in [-0.4, -0.2) is 0 Å². The summed E-state index contributed by atoms with van der Waals surface area (Å²) in [5, 5.41) is 0. The molecule has 2 saturated carbocycles. The lowest BCUT2D eigenvalue weighted by molar-refractivity contribution is 0.133. The number of benzene rings is 2. The molecule has 0 amide bonds. The highest BCUT2D eigenvalue weighted by molar-refractivity contribution is 5.46. The summed E-state index contributed by atoms with van der Waals surface area (Å²) in [6.07, 6.45) is 8.50. The third-order valence-electron chi connectivity index (χ3n) is 7.14. The van der Waals surface area contributed by atoms with E-state index in [9.17, 15) is 17.6 Å². The SMILES string of the molecule is C=CC1CCC2CC(c3cc(F)c(C#Cc4cc(F)c(C)c(F)c4)c(F)c3)CCC2C1. The molecule has 2 aliphatic carbocycles. The van der Waals surface area contributed by atoms with Crippen LogP contribution in [0.2, 0.25) is 0 Å². The second-order valence-electron chi connectivity index (χ2n) is 9.01. The van der Waals surface area contributed by atoms with E-state index in [-0.39, 0.29) is 22.6 Å². The molecule has 4 heteroatoms. The maximum atomic E-state index is 14.7. The average molecular weight is 426 g/mol. The van der Waals surface area contributed by atoms with E-state index in [2.05, 4.69) is 24.5 Å². The minimum Gasteiger partial charge on any atom is -0.207 e. The molecule has 162 valence electrons. The van der Waals surface area contributed by atoms with Crippen molar-refractivity contribution in [1.82, 2.24) is 0 Å². The van der Waals surface area contributed by atoms with Gasteiger partial charge < -0.3 is 0 Å². The maximum absolute atomic E-state index is 14.7. The van der Waals surface area contributed by atoms with E-state index < -0.39 is 23.3 Å². The van der Waals surface area contributed by atoms with Gasteiger partial charge in [-0.1, -0.05) is 17.9 Å². The zero-order valence-corrected chi connectivity index (χ0v) is 17.7. The van der Waals surface area contributed by atoms with Crippen LogP contribution >= 0.6 is 0 Å². The third-order valence-corrected chi connectivity index (χ3v) is 7.14. The summed E-state index contributed by atoms with van der Waals surface area (Å²) in [5.74, 6) is 3.99. The number of hydrogen-bond acceptors (Lipinski definition) is 0. The van der Waals surface area contributed by atoms with Gasteiger partial charge in [-0.3, -0.25) is 0 Å². The first-order valence-corrected chi connectivity index (χ1v) is 10.9. The fourth-order valence-electron chi connectivity index (χ4n) is 5.24. The van der Waals surface area contributed by atoms with E-state index in [4.69, 9.17) is 0 Å². The second kappa shape index (κ2) is 8.91. The highest BCUT2D eigenvalue weighted by Crippen LogP contribution is 2.48. The summed E-state index contributed by atoms with van der Waals surface area (Å²) in [5.41, 5.74) is 0.236. The fraction of sp³-hybridized carbons (Fsp3) is 0.407. The number of rotatable bonds is 2. The van der Waals surface area contributed by atoms with Crippen molar-refractivity contribution in [3.63, 3.8) is 0 Å². The van der Waals surface area contributed by atoms with Crippen LogP contribution in [0.1, 0.15) is 66.7 Å². The molecular formula is C27H26F4. The van der Waals surface area contributed by atoms with E-state index >= 15 is 0 Å². The van der Waals surface area contributed by atoms with Gasteiger partial charge in [0.05, 0.1) is 5.56 Å². The smallest absolute Gasteiger partial charge is 0.142 e. The molecule has 0 radical (unpaired) electrons. The molecular weight excluding hydrogens is 400 g/mol. The topological polar surface area (TPSA) is 0 Å². The van der Waals surface area contributed by atoms with Gasteiger partial charge in [0.25, 0.3) is 0 Å². The molecule has 31 heavy (non-hydrogen) atoms. The molecule has 2 aliphatic rings. The Kier molecular flexibility index (Phi) is 6.23. The Morgan fingerprint density at radius 1 is 0.806 bits per heavy atom. The molecule has 0 aliphatic heterocycles. The molecule has 2 aromatic rings. The minimum atomic E-state index is -0.738. The fourth-order valence-corrected chi connectivity index (χ4v) is 5.24. The summed E-state index contributed by atoms with van der Waals surface area (Å²) in [7, 11) is 0. The van der Waals surface area contributed by atoms with Gasteiger partial charge in [-0.25, -0.2) is 17.6 Å². The Hall–Kier alpha value is -2.54. The first kappa shape index (κ1) is 21.7. The first-order chi connectivity index (χ1) is 14.9. The van der Waals surface area contributed by atoms with Crippen LogP contribution in [0.4, 0.5) is 17.6 Å². The van der Waals surface area contributed by atoms with Crippen molar-refractivity contribution in [2.45, 2.75) is 51.4 Å². The summed E-state index contributed by atoms with van der Waals surface area (Å²) >= 11 is 0. The largest absolute Gasteiger partial charge is 0.207 e. The van der Waals surface area contributed by atoms with Crippen molar-refractivity contribution in [3.05, 3.63) is 82.4 Å². The van der Waals surface area contributed by atoms with E-state index in [1.54, 1.807) is 0 Å². The highest BCUT2D eigenvalue weighted by atomic mass is 19.1. The lowest BCUT2D eigenvalue weighted by atomic mass is 9.64. The van der Waals surface area contributed by atoms with Crippen molar-refractivity contribution in [1.29, 1.82) is 0 Å². The van der Waals surface area contributed by atoms with E-state index in [0.29, 0.717) is 23.3 Å². The molecule has 4 unspecified atom stereocenters. The van der Waals surface area contributed by atoms with Crippen molar-refractivity contribution in [3.8, 4) is 11.8 Å². The van der Waals surface area contributed by atoms with Crippen LogP contribution < -0.4 is 0 Å². The van der Waals surface area contributed by atoms with Crippen LogP contribution in [0.5, 0.6) is 0 Å². The summed E-state index contributed by atoms with van der Waals surface area (Å²) in [6, 6.07) is 4.89. The molecule has 0 heterocycles. The predicted octanol–water partition coefficient (Wildman–Crippen LogP) is 7.44. The molecule has 4 atom stereocenters. The van der Waals surface area contributed by atoms with E-state index in [0.717, 1.165) is 44.2 Å². The molecule has 0 saturated heterocycles. The molecule has 2 aromatic carbocycles. The first-order valence-electron chi connectivity index (χ1n) is 10.9. The van der Waals surface area contributed by atoms with Gasteiger partial charge in [-0.2, -0.15) is 0 Å². The van der Waals surface area contributed by atoms with Gasteiger partial charge in [0, 0.05) is 11.1 Å². The van der Waals surface area contributed by atoms with Gasteiger partial charge in [0.1, 0.15) is 23.3 Å². The monoisotopic (exact) mass is 426 g/mol. The lowest BCUT2D eigenvalue weighted by Crippen LogP contribution is -2.30. The van der Waals surface area contributed by atoms with Gasteiger partial charge >= 0.3 is 0 Å². The second-order valence-corrected chi connectivity index (χ2v) is 9.01. The van der Waals surface area contributed by atoms with Crippen LogP contribution in [0, 0.1) is 59.8 Å². The molecule has 0 bridgehead atoms. The van der Waals surface area contributed by atoms with Gasteiger partial charge in [-0.05, 0) is 98.9 Å². The average Bonchev–Trinajstić information content (AvgIpc) is 2.75. The maximum Gasteiger partial charge on any atom is 0.142 e. The molecule has 2 fully saturated rings. The normalized spacial score (nSPS) is 25.3. The predicted molar refractivity (Wildman–Crippen MR) is 115 cm³/mol. The van der Waals surface area contributed by atoms with Crippen LogP contribution in [0.15, 0.2) is 36.9 Å². The van der Waals surface area contributed by atoms with Crippen molar-refractivity contribution in [2.75, 3.05) is 0 Å². The molecule has 0 nitrogen and oxygen atoms in total. The molecule has 0 aromatic heterocycles. The van der Waals surface area contributed by atoms with Crippen molar-refractivity contribution < 1.29 is 17.6 Å². The Labute approximate surface area is 181 Å². The highest BCUT2D eigenvalue weighted by Gasteiger charge is 2.35. The number of fused-ring (bicyclic) bond motifs is 1. The van der Waals surface area contributed by atoms with E-state index in [1.807, 2.05) is 0 Å². The van der Waals surface area contributed by atoms with Gasteiger partial charge in [-0.15, -0.1) is 6.58 Å². The summed E-state index contributed by atoms with van der Waals surface area (Å²) < 4.78 is 56.8. The molecule has 4 rings (SSSR count). The summed E-state index contributed by atoms with van der Waals surface area (Å²) in [6.45, 7) is 5.25. The van der Waals surface area contributed by atoms with Crippen LogP contribution in [0.25, 0.3) is 0 Å². The zero-order chi connectivity index (χ0) is 22.1. The van der Waals surface area contributed by atoms with Crippen molar-refractivity contribution >= 4 is 0 Å². The third kappa shape index (κ3) is 4.56. The standard InChI is InChI=1S/C27H26F4/c1-3-17-4-6-20-13-21(8-7-19(20)10-17)22-14-26(30)23(27(31)15-22)9-5-18-11-24(28)16(2)25(29)12-18/h3,11-12,14-15,17,19-21H,1,4,6-8,10,13H2,2H3. The van der Waals surface area contributed by atoms with Gasteiger partial charge in [0.2, 0.25) is 0 Å². The van der Waals surface area contributed by atoms with Crippen LogP contribution in [-0.2, 0) is 0 Å². The number of hydrogen-bond donors (Lipinski definition) is 0. The van der Waals surface area contributed by atoms with Crippen molar-refractivity contribution in [2.24, 2.45) is 17.8 Å². The Morgan fingerprint density at radius 2 is 1.42 bits per heavy atom. The quantitative estimate of drug-likeness (QED) is 0.266. The Balaban J connectivity index is 1.53. The Bertz CT molecular complexity index is 1010. The molecule has 0 spiro atoms. The van der Waals surface area contributed by atoms with E-state index in [1.165, 1.54) is 25.5 Å². The van der Waals surface area contributed by atoms with Crippen LogP contribution in [0.3, 0.4) is 0 Å². The minimum absolute atomic E-state index is 0.0388. The Morgan fingerprint density at radius 3 is 2.06 bits per heavy atom. The number of halogens is 4. The number of allylic oxidation sites excluding steroid dienone is 1. The molecule has 0 N–H and O–H groups in total. The zero-order valence-electron chi connectivity index (χ0n) is 17.7. The summed E-state index contributed by atoms with van der Waals surface area (Å²) in [4.78, 5) is 0.